The van der Waals surface area contributed by atoms with Gasteiger partial charge in [-0.2, -0.15) is 0 Å². The molecule has 0 saturated heterocycles. The van der Waals surface area contributed by atoms with Crippen LogP contribution in [0.15, 0.2) is 34.7 Å². The number of allylic oxidation sites excluding steroid dienone is 3. The minimum atomic E-state index is -0.871. The number of hydrogen-bond donors (Lipinski definition) is 1. The van der Waals surface area contributed by atoms with Gasteiger partial charge in [-0.05, 0) is 51.7 Å². The summed E-state index contributed by atoms with van der Waals surface area (Å²) in [5.74, 6) is -2.86. The highest BCUT2D eigenvalue weighted by atomic mass is 32.1. The van der Waals surface area contributed by atoms with Crippen LogP contribution in [0.25, 0.3) is 0 Å². The van der Waals surface area contributed by atoms with Crippen molar-refractivity contribution in [3.63, 3.8) is 0 Å². The van der Waals surface area contributed by atoms with Crippen molar-refractivity contribution in [3.8, 4) is 0 Å². The number of esters is 2. The second-order valence-electron chi connectivity index (χ2n) is 8.11. The van der Waals surface area contributed by atoms with Crippen LogP contribution in [0.4, 0.5) is 0 Å². The molecule has 162 valence electrons. The number of methoxy groups -OCH3 is 1. The Kier molecular flexibility index (Phi) is 6.50. The molecular weight excluding hydrogens is 402 g/mol. The molecule has 30 heavy (non-hydrogen) atoms. The molecule has 1 N–H and O–H groups in total. The quantitative estimate of drug-likeness (QED) is 0.560. The summed E-state index contributed by atoms with van der Waals surface area (Å²) < 4.78 is 10.6. The molecule has 6 nitrogen and oxygen atoms in total. The van der Waals surface area contributed by atoms with Gasteiger partial charge in [0.25, 0.3) is 0 Å². The van der Waals surface area contributed by atoms with Crippen molar-refractivity contribution in [2.24, 2.45) is 11.8 Å². The number of ketones is 1. The summed E-state index contributed by atoms with van der Waals surface area (Å²) in [6.07, 6.45) is 0.999. The minimum absolute atomic E-state index is 0.191. The summed E-state index contributed by atoms with van der Waals surface area (Å²) in [6.45, 7) is 9.50. The van der Waals surface area contributed by atoms with Crippen LogP contribution in [0.1, 0.15) is 56.2 Å². The average Bonchev–Trinajstić information content (AvgIpc) is 3.12. The van der Waals surface area contributed by atoms with Gasteiger partial charge in [-0.1, -0.05) is 13.8 Å². The van der Waals surface area contributed by atoms with Crippen LogP contribution in [0.2, 0.25) is 0 Å². The van der Waals surface area contributed by atoms with Gasteiger partial charge in [0.1, 0.15) is 5.92 Å². The number of nitrogens with one attached hydrogen (secondary N) is 1. The van der Waals surface area contributed by atoms with Gasteiger partial charge in [0.2, 0.25) is 0 Å². The molecule has 1 aromatic heterocycles. The molecule has 0 fully saturated rings. The fourth-order valence-electron chi connectivity index (χ4n) is 4.17. The molecule has 0 unspecified atom stereocenters. The molecule has 0 amide bonds. The largest absolute Gasteiger partial charge is 0.468 e. The van der Waals surface area contributed by atoms with Crippen molar-refractivity contribution in [1.82, 2.24) is 5.32 Å². The number of rotatable bonds is 5. The van der Waals surface area contributed by atoms with Crippen molar-refractivity contribution in [2.45, 2.75) is 59.5 Å². The lowest BCUT2D eigenvalue weighted by Crippen LogP contribution is -2.43. The minimum Gasteiger partial charge on any atom is -0.468 e. The molecule has 3 rings (SSSR count). The van der Waals surface area contributed by atoms with Crippen LogP contribution in [0, 0.1) is 18.8 Å². The van der Waals surface area contributed by atoms with Crippen LogP contribution in [0.5, 0.6) is 0 Å². The van der Waals surface area contributed by atoms with Gasteiger partial charge in [0.15, 0.2) is 5.78 Å². The Morgan fingerprint density at radius 1 is 1.30 bits per heavy atom. The fourth-order valence-corrected chi connectivity index (χ4v) is 5.17. The van der Waals surface area contributed by atoms with E-state index in [0.717, 1.165) is 15.5 Å². The van der Waals surface area contributed by atoms with Gasteiger partial charge in [0.05, 0.1) is 24.7 Å². The van der Waals surface area contributed by atoms with E-state index in [-0.39, 0.29) is 17.8 Å². The standard InChI is InChI=1S/C23H29NO5S/c1-7-12(3)29-23(27)18-14(5)24-15-10-11(2)17(22(26)28-6)21(25)19(15)20(18)16-9-8-13(4)30-16/h8-9,11-12,17,20,24H,7,10H2,1-6H3/t11-,12-,17-,20-/m1/s1. The van der Waals surface area contributed by atoms with Gasteiger partial charge in [-0.25, -0.2) is 4.79 Å². The zero-order valence-electron chi connectivity index (χ0n) is 18.3. The van der Waals surface area contributed by atoms with Gasteiger partial charge in [0, 0.05) is 26.7 Å². The molecule has 0 aromatic carbocycles. The van der Waals surface area contributed by atoms with E-state index in [1.165, 1.54) is 7.11 Å². The van der Waals surface area contributed by atoms with E-state index in [1.807, 2.05) is 46.8 Å². The third-order valence-corrected chi connectivity index (χ3v) is 6.96. The van der Waals surface area contributed by atoms with E-state index < -0.39 is 23.8 Å². The number of thiophene rings is 1. The van der Waals surface area contributed by atoms with E-state index in [1.54, 1.807) is 11.3 Å². The first-order valence-electron chi connectivity index (χ1n) is 10.3. The SMILES string of the molecule is CC[C@@H](C)OC(=O)C1=C(C)NC2=C(C(=O)[C@H](C(=O)OC)[C@H](C)C2)[C@@H]1c1ccc(C)s1. The van der Waals surface area contributed by atoms with Crippen LogP contribution >= 0.6 is 11.3 Å². The molecule has 0 radical (unpaired) electrons. The molecular formula is C23H29NO5S. The number of dihydropyridines is 1. The Balaban J connectivity index is 2.13. The van der Waals surface area contributed by atoms with E-state index in [9.17, 15) is 14.4 Å². The number of aryl methyl sites for hydroxylation is 1. The van der Waals surface area contributed by atoms with E-state index >= 15 is 0 Å². The molecule has 7 heteroatoms. The second-order valence-corrected chi connectivity index (χ2v) is 9.43. The fraction of sp³-hybridized carbons (Fsp3) is 0.522. The molecule has 2 heterocycles. The molecule has 1 aliphatic carbocycles. The summed E-state index contributed by atoms with van der Waals surface area (Å²) in [6, 6.07) is 3.92. The lowest BCUT2D eigenvalue weighted by atomic mass is 9.70. The predicted octanol–water partition coefficient (Wildman–Crippen LogP) is 4.01. The topological polar surface area (TPSA) is 81.7 Å². The van der Waals surface area contributed by atoms with Crippen molar-refractivity contribution in [3.05, 3.63) is 44.4 Å². The predicted molar refractivity (Wildman–Crippen MR) is 115 cm³/mol. The Hall–Kier alpha value is -2.41. The lowest BCUT2D eigenvalue weighted by Gasteiger charge is -2.38. The molecule has 0 saturated carbocycles. The highest BCUT2D eigenvalue weighted by molar-refractivity contribution is 7.12. The summed E-state index contributed by atoms with van der Waals surface area (Å²) in [4.78, 5) is 41.1. The normalized spacial score (nSPS) is 24.9. The molecule has 4 atom stereocenters. The number of ether oxygens (including phenoxy) is 2. The highest BCUT2D eigenvalue weighted by Crippen LogP contribution is 2.47. The Labute approximate surface area is 181 Å². The van der Waals surface area contributed by atoms with Gasteiger partial charge < -0.3 is 14.8 Å². The lowest BCUT2D eigenvalue weighted by molar-refractivity contribution is -0.151. The number of Topliss-reactive ketones (excluding diaryl/α,β-unsaturated/α-hetero) is 1. The van der Waals surface area contributed by atoms with Crippen molar-refractivity contribution >= 4 is 29.1 Å². The first-order chi connectivity index (χ1) is 14.2. The van der Waals surface area contributed by atoms with Crippen molar-refractivity contribution in [1.29, 1.82) is 0 Å². The average molecular weight is 432 g/mol. The van der Waals surface area contributed by atoms with Crippen LogP contribution in [0.3, 0.4) is 0 Å². The number of hydrogen-bond acceptors (Lipinski definition) is 7. The molecule has 1 aromatic rings. The maximum absolute atomic E-state index is 13.5. The maximum atomic E-state index is 13.5. The van der Waals surface area contributed by atoms with Gasteiger partial charge in [-0.15, -0.1) is 11.3 Å². The third kappa shape index (κ3) is 3.95. The number of carbonyl (C=O) groups excluding carboxylic acids is 3. The third-order valence-electron chi connectivity index (χ3n) is 5.89. The van der Waals surface area contributed by atoms with Crippen molar-refractivity contribution < 1.29 is 23.9 Å². The summed E-state index contributed by atoms with van der Waals surface area (Å²) in [5, 5.41) is 3.28. The summed E-state index contributed by atoms with van der Waals surface area (Å²) in [7, 11) is 1.30. The van der Waals surface area contributed by atoms with Crippen LogP contribution in [-0.2, 0) is 23.9 Å². The number of carbonyl (C=O) groups is 3. The maximum Gasteiger partial charge on any atom is 0.337 e. The first kappa shape index (κ1) is 22.3. The molecule has 2 aliphatic rings. The second kappa shape index (κ2) is 8.76. The highest BCUT2D eigenvalue weighted by Gasteiger charge is 2.47. The van der Waals surface area contributed by atoms with Crippen molar-refractivity contribution in [2.75, 3.05) is 7.11 Å². The smallest absolute Gasteiger partial charge is 0.337 e. The molecule has 0 bridgehead atoms. The van der Waals surface area contributed by atoms with Gasteiger partial charge >= 0.3 is 11.9 Å². The Bertz CT molecular complexity index is 941. The zero-order chi connectivity index (χ0) is 22.2. The molecule has 1 aliphatic heterocycles. The van der Waals surface area contributed by atoms with Crippen LogP contribution in [-0.4, -0.2) is 30.9 Å². The summed E-state index contributed by atoms with van der Waals surface area (Å²) >= 11 is 1.54. The summed E-state index contributed by atoms with van der Waals surface area (Å²) in [5.41, 5.74) is 2.38. The van der Waals surface area contributed by atoms with E-state index in [0.29, 0.717) is 29.7 Å². The monoisotopic (exact) mass is 431 g/mol. The zero-order valence-corrected chi connectivity index (χ0v) is 19.1. The molecule has 0 spiro atoms. The van der Waals surface area contributed by atoms with Gasteiger partial charge in [-0.3, -0.25) is 9.59 Å². The van der Waals surface area contributed by atoms with E-state index in [2.05, 4.69) is 5.32 Å². The Morgan fingerprint density at radius 3 is 2.57 bits per heavy atom. The van der Waals surface area contributed by atoms with Crippen LogP contribution < -0.4 is 5.32 Å². The van der Waals surface area contributed by atoms with E-state index in [4.69, 9.17) is 9.47 Å². The Morgan fingerprint density at radius 2 is 2.00 bits per heavy atom. The first-order valence-corrected chi connectivity index (χ1v) is 11.1.